The SMILES string of the molecule is CC(C)(C)C(=O)OP(=O)(Oc1ccccc1)Oc1ccccc1. The number of rotatable bonds is 5. The van der Waals surface area contributed by atoms with Crippen molar-refractivity contribution in [3.8, 4) is 11.5 Å². The van der Waals surface area contributed by atoms with Gasteiger partial charge in [-0.2, -0.15) is 4.57 Å². The smallest absolute Gasteiger partial charge is 0.386 e. The first-order chi connectivity index (χ1) is 10.8. The highest BCUT2D eigenvalue weighted by Crippen LogP contribution is 2.50. The maximum atomic E-state index is 12.9. The summed E-state index contributed by atoms with van der Waals surface area (Å²) >= 11 is 0. The Morgan fingerprint density at radius 1 is 0.826 bits per heavy atom. The van der Waals surface area contributed by atoms with Gasteiger partial charge in [0.25, 0.3) is 0 Å². The van der Waals surface area contributed by atoms with Crippen molar-refractivity contribution in [1.29, 1.82) is 0 Å². The number of carbonyl (C=O) groups excluding carboxylic acids is 1. The van der Waals surface area contributed by atoms with Crippen molar-refractivity contribution >= 4 is 13.8 Å². The van der Waals surface area contributed by atoms with Gasteiger partial charge < -0.3 is 13.6 Å². The zero-order chi connectivity index (χ0) is 16.9. The fourth-order valence-corrected chi connectivity index (χ4v) is 2.86. The topological polar surface area (TPSA) is 61.8 Å². The maximum Gasteiger partial charge on any atom is 0.649 e. The monoisotopic (exact) mass is 334 g/mol. The van der Waals surface area contributed by atoms with E-state index in [2.05, 4.69) is 0 Å². The first-order valence-electron chi connectivity index (χ1n) is 7.12. The predicted molar refractivity (Wildman–Crippen MR) is 87.3 cm³/mol. The van der Waals surface area contributed by atoms with Gasteiger partial charge in [-0.3, -0.25) is 4.79 Å². The molecule has 0 unspecified atom stereocenters. The minimum Gasteiger partial charge on any atom is -0.386 e. The highest BCUT2D eigenvalue weighted by Gasteiger charge is 2.39. The number of benzene rings is 2. The van der Waals surface area contributed by atoms with Crippen molar-refractivity contribution in [3.63, 3.8) is 0 Å². The van der Waals surface area contributed by atoms with E-state index in [1.165, 1.54) is 0 Å². The third-order valence-corrected chi connectivity index (χ3v) is 3.99. The quantitative estimate of drug-likeness (QED) is 0.732. The van der Waals surface area contributed by atoms with Crippen LogP contribution in [0.1, 0.15) is 20.8 Å². The molecular weight excluding hydrogens is 315 g/mol. The van der Waals surface area contributed by atoms with Crippen molar-refractivity contribution in [2.24, 2.45) is 5.41 Å². The summed E-state index contributed by atoms with van der Waals surface area (Å²) in [6, 6.07) is 16.9. The van der Waals surface area contributed by atoms with Crippen LogP contribution < -0.4 is 9.05 Å². The van der Waals surface area contributed by atoms with Crippen molar-refractivity contribution < 1.29 is 22.9 Å². The molecule has 0 aliphatic rings. The van der Waals surface area contributed by atoms with Crippen LogP contribution in [0.15, 0.2) is 60.7 Å². The Morgan fingerprint density at radius 2 is 1.22 bits per heavy atom. The van der Waals surface area contributed by atoms with E-state index in [9.17, 15) is 9.36 Å². The van der Waals surface area contributed by atoms with Crippen LogP contribution in [0.3, 0.4) is 0 Å². The largest absolute Gasteiger partial charge is 0.649 e. The van der Waals surface area contributed by atoms with Gasteiger partial charge in [0.15, 0.2) is 0 Å². The molecule has 6 heteroatoms. The van der Waals surface area contributed by atoms with Crippen LogP contribution in [0.2, 0.25) is 0 Å². The summed E-state index contributed by atoms with van der Waals surface area (Å²) in [5.74, 6) is -0.102. The van der Waals surface area contributed by atoms with Gasteiger partial charge in [0.1, 0.15) is 11.5 Å². The van der Waals surface area contributed by atoms with E-state index in [1.54, 1.807) is 81.4 Å². The minimum absolute atomic E-state index is 0.286. The first kappa shape index (κ1) is 17.1. The van der Waals surface area contributed by atoms with E-state index in [0.717, 1.165) is 0 Å². The summed E-state index contributed by atoms with van der Waals surface area (Å²) in [6.45, 7) is 4.97. The zero-order valence-corrected chi connectivity index (χ0v) is 14.2. The number of phosphoric ester groups is 1. The lowest BCUT2D eigenvalue weighted by Crippen LogP contribution is -2.24. The number of carbonyl (C=O) groups is 1. The Labute approximate surface area is 135 Å². The van der Waals surface area contributed by atoms with E-state index < -0.39 is 19.2 Å². The summed E-state index contributed by atoms with van der Waals surface area (Å²) in [7, 11) is -4.17. The van der Waals surface area contributed by atoms with Crippen LogP contribution in [-0.2, 0) is 13.9 Å². The van der Waals surface area contributed by atoms with Crippen LogP contribution in [-0.4, -0.2) is 5.97 Å². The molecule has 2 aromatic carbocycles. The van der Waals surface area contributed by atoms with Crippen LogP contribution in [0.4, 0.5) is 0 Å². The average molecular weight is 334 g/mol. The average Bonchev–Trinajstić information content (AvgIpc) is 2.47. The second kappa shape index (κ2) is 6.88. The second-order valence-corrected chi connectivity index (χ2v) is 7.33. The molecule has 0 N–H and O–H groups in total. The highest BCUT2D eigenvalue weighted by molar-refractivity contribution is 7.50. The molecule has 0 saturated carbocycles. The van der Waals surface area contributed by atoms with E-state index in [-0.39, 0.29) is 11.5 Å². The Hall–Kier alpha value is -2.26. The fraction of sp³-hybridized carbons (Fsp3) is 0.235. The summed E-state index contributed by atoms with van der Waals surface area (Å²) < 4.78 is 28.7. The predicted octanol–water partition coefficient (Wildman–Crippen LogP) is 4.84. The van der Waals surface area contributed by atoms with Gasteiger partial charge in [-0.1, -0.05) is 36.4 Å². The Balaban J connectivity index is 2.26. The number of hydrogen-bond donors (Lipinski definition) is 0. The van der Waals surface area contributed by atoms with E-state index >= 15 is 0 Å². The molecule has 23 heavy (non-hydrogen) atoms. The summed E-state index contributed by atoms with van der Waals surface area (Å²) in [6.07, 6.45) is 0. The first-order valence-corrected chi connectivity index (χ1v) is 8.58. The lowest BCUT2D eigenvalue weighted by Gasteiger charge is -2.22. The highest BCUT2D eigenvalue weighted by atomic mass is 31.2. The zero-order valence-electron chi connectivity index (χ0n) is 13.3. The standard InChI is InChI=1S/C17H19O5P/c1-17(2,3)16(18)22-23(19,20-14-10-6-4-7-11-14)21-15-12-8-5-9-13-15/h4-13H,1-3H3. The van der Waals surface area contributed by atoms with Crippen molar-refractivity contribution in [1.82, 2.24) is 0 Å². The molecule has 2 aromatic rings. The molecule has 0 heterocycles. The van der Waals surface area contributed by atoms with Crippen LogP contribution in [0.25, 0.3) is 0 Å². The molecule has 0 saturated heterocycles. The lowest BCUT2D eigenvalue weighted by atomic mass is 9.98. The molecule has 0 amide bonds. The molecule has 0 atom stereocenters. The van der Waals surface area contributed by atoms with Gasteiger partial charge in [0, 0.05) is 0 Å². The molecule has 0 spiro atoms. The Bertz CT molecular complexity index is 646. The van der Waals surface area contributed by atoms with Crippen molar-refractivity contribution in [3.05, 3.63) is 60.7 Å². The molecule has 0 radical (unpaired) electrons. The van der Waals surface area contributed by atoms with Crippen molar-refractivity contribution in [2.75, 3.05) is 0 Å². The minimum atomic E-state index is -4.17. The molecule has 2 rings (SSSR count). The molecule has 0 aromatic heterocycles. The third-order valence-electron chi connectivity index (χ3n) is 2.73. The Kier molecular flexibility index (Phi) is 5.12. The molecule has 0 bridgehead atoms. The fourth-order valence-electron chi connectivity index (χ4n) is 1.52. The number of hydrogen-bond acceptors (Lipinski definition) is 5. The van der Waals surface area contributed by atoms with Gasteiger partial charge in [0.2, 0.25) is 0 Å². The van der Waals surface area contributed by atoms with Gasteiger partial charge in [-0.15, -0.1) is 0 Å². The normalized spacial score (nSPS) is 11.6. The van der Waals surface area contributed by atoms with Gasteiger partial charge in [-0.05, 0) is 45.0 Å². The lowest BCUT2D eigenvalue weighted by molar-refractivity contribution is -0.144. The maximum absolute atomic E-state index is 12.9. The summed E-state index contributed by atoms with van der Waals surface area (Å²) in [4.78, 5) is 12.1. The van der Waals surface area contributed by atoms with Gasteiger partial charge in [0.05, 0.1) is 5.41 Å². The van der Waals surface area contributed by atoms with Gasteiger partial charge >= 0.3 is 13.8 Å². The summed E-state index contributed by atoms with van der Waals surface area (Å²) in [5, 5.41) is 0. The van der Waals surface area contributed by atoms with E-state index in [1.807, 2.05) is 0 Å². The summed E-state index contributed by atoms with van der Waals surface area (Å²) in [5.41, 5.74) is -0.838. The third kappa shape index (κ3) is 5.15. The molecule has 0 fully saturated rings. The van der Waals surface area contributed by atoms with E-state index in [4.69, 9.17) is 13.6 Å². The van der Waals surface area contributed by atoms with Crippen molar-refractivity contribution in [2.45, 2.75) is 20.8 Å². The molecule has 5 nitrogen and oxygen atoms in total. The second-order valence-electron chi connectivity index (χ2n) is 5.88. The molecule has 122 valence electrons. The van der Waals surface area contributed by atoms with E-state index in [0.29, 0.717) is 0 Å². The number of phosphoric acid groups is 1. The van der Waals surface area contributed by atoms with Crippen LogP contribution in [0.5, 0.6) is 11.5 Å². The molecule has 0 aliphatic heterocycles. The number of para-hydroxylation sites is 2. The van der Waals surface area contributed by atoms with Crippen LogP contribution in [0, 0.1) is 5.41 Å². The Morgan fingerprint density at radius 3 is 1.57 bits per heavy atom. The molecule has 0 aliphatic carbocycles. The molecular formula is C17H19O5P. The van der Waals surface area contributed by atoms with Crippen LogP contribution >= 0.6 is 7.82 Å². The van der Waals surface area contributed by atoms with Gasteiger partial charge in [-0.25, -0.2) is 0 Å².